The topological polar surface area (TPSA) is 72.3 Å². The zero-order valence-corrected chi connectivity index (χ0v) is 11.5. The Hall–Kier alpha value is -1.81. The average molecular weight is 259 g/mol. The lowest BCUT2D eigenvalue weighted by Gasteiger charge is -2.33. The second-order valence-corrected chi connectivity index (χ2v) is 5.39. The molecular formula is C15H21N3O. The molecule has 0 radical (unpaired) electrons. The second kappa shape index (κ2) is 5.45. The summed E-state index contributed by atoms with van der Waals surface area (Å²) < 4.78 is 0. The molecule has 102 valence electrons. The summed E-state index contributed by atoms with van der Waals surface area (Å²) in [6, 6.07) is 5.61. The van der Waals surface area contributed by atoms with E-state index in [0.717, 1.165) is 24.4 Å². The minimum absolute atomic E-state index is 0.393. The lowest BCUT2D eigenvalue weighted by Crippen LogP contribution is -2.32. The summed E-state index contributed by atoms with van der Waals surface area (Å²) in [5.74, 6) is 0.191. The Balaban J connectivity index is 2.35. The molecule has 1 aromatic carbocycles. The number of hydrogen-bond acceptors (Lipinski definition) is 3. The normalized spacial score (nSPS) is 14.3. The molecule has 2 rings (SSSR count). The van der Waals surface area contributed by atoms with Crippen LogP contribution >= 0.6 is 0 Å². The number of nitrogens with two attached hydrogens (primary N) is 2. The third-order valence-electron chi connectivity index (χ3n) is 3.31. The lowest BCUT2D eigenvalue weighted by molar-refractivity contribution is 0.1000. The van der Waals surface area contributed by atoms with Gasteiger partial charge >= 0.3 is 0 Å². The monoisotopic (exact) mass is 259 g/mol. The van der Waals surface area contributed by atoms with Crippen molar-refractivity contribution in [2.75, 3.05) is 13.1 Å². The molecule has 1 aromatic rings. The summed E-state index contributed by atoms with van der Waals surface area (Å²) in [5, 5.41) is 0. The maximum absolute atomic E-state index is 11.2. The van der Waals surface area contributed by atoms with Crippen LogP contribution in [0.1, 0.15) is 35.3 Å². The minimum Gasteiger partial charge on any atom is -0.369 e. The van der Waals surface area contributed by atoms with E-state index in [1.165, 1.54) is 5.56 Å². The van der Waals surface area contributed by atoms with E-state index in [1.54, 1.807) is 6.07 Å². The first-order valence-corrected chi connectivity index (χ1v) is 6.59. The van der Waals surface area contributed by atoms with Crippen LogP contribution < -0.4 is 11.5 Å². The summed E-state index contributed by atoms with van der Waals surface area (Å²) in [6.45, 7) is 6.72. The quantitative estimate of drug-likeness (QED) is 0.862. The van der Waals surface area contributed by atoms with Crippen molar-refractivity contribution in [3.8, 4) is 0 Å². The van der Waals surface area contributed by atoms with E-state index in [-0.39, 0.29) is 0 Å². The molecule has 0 spiro atoms. The fourth-order valence-corrected chi connectivity index (χ4v) is 2.42. The Morgan fingerprint density at radius 3 is 2.74 bits per heavy atom. The first kappa shape index (κ1) is 13.6. The number of nitrogens with zero attached hydrogens (tertiary/aromatic N) is 1. The molecule has 0 unspecified atom stereocenters. The number of benzene rings is 1. The van der Waals surface area contributed by atoms with E-state index >= 15 is 0 Å². The average Bonchev–Trinajstić information content (AvgIpc) is 2.36. The highest BCUT2D eigenvalue weighted by Gasteiger charge is 2.18. The van der Waals surface area contributed by atoms with E-state index in [1.807, 2.05) is 12.1 Å². The predicted octanol–water partition coefficient (Wildman–Crippen LogP) is 1.56. The standard InChI is InChI=1S/C15H21N3O/c1-10(2)8-18-9-12-4-3-11(15(17)19)5-13(12)6-14(18)7-16/h3-6,10H,7-9,16H2,1-2H3,(H2,17,19). The Kier molecular flexibility index (Phi) is 3.90. The summed E-state index contributed by atoms with van der Waals surface area (Å²) in [7, 11) is 0. The zero-order chi connectivity index (χ0) is 14.0. The highest BCUT2D eigenvalue weighted by atomic mass is 16.1. The fraction of sp³-hybridized carbons (Fsp3) is 0.400. The van der Waals surface area contributed by atoms with Gasteiger partial charge in [-0.1, -0.05) is 19.9 Å². The van der Waals surface area contributed by atoms with Crippen LogP contribution in [-0.4, -0.2) is 23.9 Å². The molecule has 0 aromatic heterocycles. The highest BCUT2D eigenvalue weighted by Crippen LogP contribution is 2.25. The molecule has 1 amide bonds. The molecule has 0 fully saturated rings. The Morgan fingerprint density at radius 2 is 2.16 bits per heavy atom. The van der Waals surface area contributed by atoms with Crippen LogP contribution in [0.2, 0.25) is 0 Å². The molecule has 1 aliphatic heterocycles. The van der Waals surface area contributed by atoms with Gasteiger partial charge in [-0.3, -0.25) is 4.79 Å². The largest absolute Gasteiger partial charge is 0.369 e. The van der Waals surface area contributed by atoms with E-state index in [2.05, 4.69) is 24.8 Å². The van der Waals surface area contributed by atoms with Crippen molar-refractivity contribution in [3.05, 3.63) is 40.6 Å². The summed E-state index contributed by atoms with van der Waals surface area (Å²) >= 11 is 0. The van der Waals surface area contributed by atoms with Crippen LogP contribution in [0.3, 0.4) is 0 Å². The van der Waals surface area contributed by atoms with Gasteiger partial charge in [-0.25, -0.2) is 0 Å². The van der Waals surface area contributed by atoms with Crippen molar-refractivity contribution >= 4 is 12.0 Å². The van der Waals surface area contributed by atoms with Gasteiger partial charge in [0.2, 0.25) is 5.91 Å². The van der Waals surface area contributed by atoms with Gasteiger partial charge in [0.05, 0.1) is 0 Å². The predicted molar refractivity (Wildman–Crippen MR) is 77.2 cm³/mol. The van der Waals surface area contributed by atoms with Gasteiger partial charge < -0.3 is 16.4 Å². The minimum atomic E-state index is -0.393. The zero-order valence-electron chi connectivity index (χ0n) is 11.5. The smallest absolute Gasteiger partial charge is 0.248 e. The maximum Gasteiger partial charge on any atom is 0.248 e. The number of fused-ring (bicyclic) bond motifs is 1. The highest BCUT2D eigenvalue weighted by molar-refractivity contribution is 5.93. The third kappa shape index (κ3) is 2.96. The number of hydrogen-bond donors (Lipinski definition) is 2. The molecule has 4 heteroatoms. The van der Waals surface area contributed by atoms with Gasteiger partial charge in [-0.15, -0.1) is 0 Å². The molecule has 0 bridgehead atoms. The van der Waals surface area contributed by atoms with E-state index < -0.39 is 5.91 Å². The molecule has 1 aliphatic rings. The van der Waals surface area contributed by atoms with Gasteiger partial charge in [-0.05, 0) is 35.3 Å². The van der Waals surface area contributed by atoms with Crippen LogP contribution in [0.25, 0.3) is 6.08 Å². The third-order valence-corrected chi connectivity index (χ3v) is 3.31. The molecule has 19 heavy (non-hydrogen) atoms. The number of carbonyl (C=O) groups is 1. The van der Waals surface area contributed by atoms with Crippen LogP contribution in [0.5, 0.6) is 0 Å². The number of primary amides is 1. The summed E-state index contributed by atoms with van der Waals surface area (Å²) in [6.07, 6.45) is 2.06. The number of amides is 1. The number of rotatable bonds is 4. The van der Waals surface area contributed by atoms with Gasteiger partial charge in [0.15, 0.2) is 0 Å². The molecule has 0 aliphatic carbocycles. The van der Waals surface area contributed by atoms with Gasteiger partial charge in [0, 0.05) is 30.9 Å². The van der Waals surface area contributed by atoms with Crippen LogP contribution in [0, 0.1) is 5.92 Å². The first-order valence-electron chi connectivity index (χ1n) is 6.59. The molecule has 0 atom stereocenters. The van der Waals surface area contributed by atoms with Crippen molar-refractivity contribution in [2.24, 2.45) is 17.4 Å². The number of carbonyl (C=O) groups excluding carboxylic acids is 1. The maximum atomic E-state index is 11.2. The Bertz CT molecular complexity index is 520. The van der Waals surface area contributed by atoms with Crippen LogP contribution in [0.15, 0.2) is 23.9 Å². The van der Waals surface area contributed by atoms with Crippen LogP contribution in [0.4, 0.5) is 0 Å². The van der Waals surface area contributed by atoms with E-state index in [0.29, 0.717) is 18.0 Å². The molecule has 1 heterocycles. The lowest BCUT2D eigenvalue weighted by atomic mass is 9.97. The van der Waals surface area contributed by atoms with Crippen LogP contribution in [-0.2, 0) is 6.54 Å². The molecule has 4 nitrogen and oxygen atoms in total. The van der Waals surface area contributed by atoms with Crippen molar-refractivity contribution < 1.29 is 4.79 Å². The second-order valence-electron chi connectivity index (χ2n) is 5.39. The van der Waals surface area contributed by atoms with Crippen molar-refractivity contribution in [3.63, 3.8) is 0 Å². The Morgan fingerprint density at radius 1 is 1.42 bits per heavy atom. The van der Waals surface area contributed by atoms with Gasteiger partial charge in [0.25, 0.3) is 0 Å². The fourth-order valence-electron chi connectivity index (χ4n) is 2.42. The molecule has 0 saturated carbocycles. The van der Waals surface area contributed by atoms with E-state index in [9.17, 15) is 4.79 Å². The summed E-state index contributed by atoms with van der Waals surface area (Å²) in [4.78, 5) is 13.5. The van der Waals surface area contributed by atoms with E-state index in [4.69, 9.17) is 11.5 Å². The SMILES string of the molecule is CC(C)CN1Cc2ccc(C(N)=O)cc2C=C1CN. The Labute approximate surface area is 114 Å². The van der Waals surface area contributed by atoms with Crippen molar-refractivity contribution in [1.82, 2.24) is 4.90 Å². The van der Waals surface area contributed by atoms with Gasteiger partial charge in [0.1, 0.15) is 0 Å². The molecule has 0 saturated heterocycles. The van der Waals surface area contributed by atoms with Gasteiger partial charge in [-0.2, -0.15) is 0 Å². The molecular weight excluding hydrogens is 238 g/mol. The first-order chi connectivity index (χ1) is 9.01. The van der Waals surface area contributed by atoms with Crippen molar-refractivity contribution in [1.29, 1.82) is 0 Å². The molecule has 4 N–H and O–H groups in total. The summed E-state index contributed by atoms with van der Waals surface area (Å²) in [5.41, 5.74) is 15.1. The van der Waals surface area contributed by atoms with Crippen molar-refractivity contribution in [2.45, 2.75) is 20.4 Å².